The second kappa shape index (κ2) is 5.26. The first-order valence-electron chi connectivity index (χ1n) is 5.82. The summed E-state index contributed by atoms with van der Waals surface area (Å²) in [6, 6.07) is 3.15. The third kappa shape index (κ3) is 3.64. The van der Waals surface area contributed by atoms with E-state index in [9.17, 15) is 30.7 Å². The molecule has 0 amide bonds. The molecule has 1 atom stereocenters. The van der Waals surface area contributed by atoms with E-state index in [2.05, 4.69) is 0 Å². The predicted molar refractivity (Wildman–Crippen MR) is 60.1 cm³/mol. The molecule has 0 saturated carbocycles. The van der Waals surface area contributed by atoms with Crippen molar-refractivity contribution in [2.24, 2.45) is 0 Å². The molecule has 0 saturated heterocycles. The highest BCUT2D eigenvalue weighted by molar-refractivity contribution is 5.34. The lowest BCUT2D eigenvalue weighted by molar-refractivity contribution is -0.273. The molecule has 0 heterocycles. The van der Waals surface area contributed by atoms with Gasteiger partial charge in [0.25, 0.3) is 0 Å². The van der Waals surface area contributed by atoms with Crippen LogP contribution >= 0.6 is 0 Å². The molecule has 0 aromatic heterocycles. The second-order valence-electron chi connectivity index (χ2n) is 4.65. The van der Waals surface area contributed by atoms with E-state index in [1.807, 2.05) is 0 Å². The molecule has 7 heteroatoms. The molecule has 0 fully saturated rings. The standard InChI is InChI=1S/C13H13F7/c1-3-9-4-8(2)5-10(6-9)11(14,13(18,19)20)7-12(15,16)17/h4-6H,3,7H2,1-2H3. The van der Waals surface area contributed by atoms with Crippen LogP contribution in [-0.4, -0.2) is 12.4 Å². The molecule has 1 unspecified atom stereocenters. The third-order valence-corrected chi connectivity index (χ3v) is 2.90. The summed E-state index contributed by atoms with van der Waals surface area (Å²) in [5.74, 6) is 0. The molecule has 1 aromatic rings. The van der Waals surface area contributed by atoms with Crippen LogP contribution in [0.2, 0.25) is 0 Å². The van der Waals surface area contributed by atoms with E-state index in [-0.39, 0.29) is 5.56 Å². The van der Waals surface area contributed by atoms with Crippen molar-refractivity contribution >= 4 is 0 Å². The summed E-state index contributed by atoms with van der Waals surface area (Å²) in [6.07, 6.45) is -13.2. The fourth-order valence-electron chi connectivity index (χ4n) is 1.94. The fourth-order valence-corrected chi connectivity index (χ4v) is 1.94. The van der Waals surface area contributed by atoms with Crippen molar-refractivity contribution in [2.75, 3.05) is 0 Å². The van der Waals surface area contributed by atoms with Crippen LogP contribution in [0.3, 0.4) is 0 Å². The lowest BCUT2D eigenvalue weighted by atomic mass is 9.88. The SMILES string of the molecule is CCc1cc(C)cc(C(F)(CC(F)(F)F)C(F)(F)F)c1. The van der Waals surface area contributed by atoms with E-state index in [0.717, 1.165) is 12.1 Å². The van der Waals surface area contributed by atoms with E-state index in [4.69, 9.17) is 0 Å². The maximum absolute atomic E-state index is 14.2. The van der Waals surface area contributed by atoms with Gasteiger partial charge in [-0.3, -0.25) is 0 Å². The highest BCUT2D eigenvalue weighted by Crippen LogP contribution is 2.49. The molecule has 0 N–H and O–H groups in total. The van der Waals surface area contributed by atoms with Crippen LogP contribution in [0.15, 0.2) is 18.2 Å². The van der Waals surface area contributed by atoms with Gasteiger partial charge in [-0.1, -0.05) is 30.7 Å². The van der Waals surface area contributed by atoms with E-state index in [1.54, 1.807) is 6.92 Å². The fraction of sp³-hybridized carbons (Fsp3) is 0.538. The third-order valence-electron chi connectivity index (χ3n) is 2.90. The van der Waals surface area contributed by atoms with Crippen LogP contribution in [-0.2, 0) is 12.1 Å². The summed E-state index contributed by atoms with van der Waals surface area (Å²) in [4.78, 5) is 0. The molecule has 0 aliphatic heterocycles. The molecule has 1 rings (SSSR count). The number of halogens is 7. The Hall–Kier alpha value is -1.27. The van der Waals surface area contributed by atoms with E-state index in [1.165, 1.54) is 13.0 Å². The molecule has 0 nitrogen and oxygen atoms in total. The van der Waals surface area contributed by atoms with Crippen molar-refractivity contribution in [3.8, 4) is 0 Å². The van der Waals surface area contributed by atoms with Crippen LogP contribution in [0.5, 0.6) is 0 Å². The minimum atomic E-state index is -5.64. The van der Waals surface area contributed by atoms with Gasteiger partial charge in [-0.15, -0.1) is 0 Å². The molecule has 0 aliphatic rings. The summed E-state index contributed by atoms with van der Waals surface area (Å²) >= 11 is 0. The van der Waals surface area contributed by atoms with Gasteiger partial charge in [0, 0.05) is 0 Å². The summed E-state index contributed by atoms with van der Waals surface area (Å²) in [6.45, 7) is 3.03. The first kappa shape index (κ1) is 16.8. The average Bonchev–Trinajstić information content (AvgIpc) is 2.24. The second-order valence-corrected chi connectivity index (χ2v) is 4.65. The Labute approximate surface area is 111 Å². The smallest absolute Gasteiger partial charge is 0.228 e. The highest BCUT2D eigenvalue weighted by Gasteiger charge is 2.61. The van der Waals surface area contributed by atoms with Gasteiger partial charge in [0.05, 0.1) is 6.42 Å². The largest absolute Gasteiger partial charge is 0.427 e. The van der Waals surface area contributed by atoms with Crippen LogP contribution in [0.4, 0.5) is 30.7 Å². The average molecular weight is 302 g/mol. The molecule has 20 heavy (non-hydrogen) atoms. The van der Waals surface area contributed by atoms with Crippen molar-refractivity contribution in [2.45, 2.75) is 44.7 Å². The zero-order chi connectivity index (χ0) is 15.8. The summed E-state index contributed by atoms with van der Waals surface area (Å²) < 4.78 is 89.5. The monoisotopic (exact) mass is 302 g/mol. The number of hydrogen-bond donors (Lipinski definition) is 0. The van der Waals surface area contributed by atoms with Crippen LogP contribution in [0, 0.1) is 6.92 Å². The Balaban J connectivity index is 3.42. The molecule has 0 bridgehead atoms. The predicted octanol–water partition coefficient (Wildman–Crippen LogP) is 5.24. The topological polar surface area (TPSA) is 0 Å². The van der Waals surface area contributed by atoms with Crippen molar-refractivity contribution in [3.05, 3.63) is 34.9 Å². The lowest BCUT2D eigenvalue weighted by Gasteiger charge is -2.30. The van der Waals surface area contributed by atoms with Crippen LogP contribution in [0.25, 0.3) is 0 Å². The Morgan fingerprint density at radius 2 is 1.45 bits per heavy atom. The zero-order valence-corrected chi connectivity index (χ0v) is 10.8. The number of hydrogen-bond acceptors (Lipinski definition) is 0. The van der Waals surface area contributed by atoms with Gasteiger partial charge in [0.15, 0.2) is 0 Å². The Kier molecular flexibility index (Phi) is 4.41. The molecular formula is C13H13F7. The summed E-state index contributed by atoms with van der Waals surface area (Å²) in [5.41, 5.74) is -4.79. The Bertz CT molecular complexity index is 473. The van der Waals surface area contributed by atoms with Crippen molar-refractivity contribution in [1.82, 2.24) is 0 Å². The van der Waals surface area contributed by atoms with Gasteiger partial charge in [0.1, 0.15) is 0 Å². The van der Waals surface area contributed by atoms with E-state index in [0.29, 0.717) is 12.0 Å². The first-order valence-corrected chi connectivity index (χ1v) is 5.82. The van der Waals surface area contributed by atoms with Crippen molar-refractivity contribution < 1.29 is 30.7 Å². The number of benzene rings is 1. The normalized spacial score (nSPS) is 16.1. The maximum Gasteiger partial charge on any atom is 0.427 e. The maximum atomic E-state index is 14.2. The first-order chi connectivity index (χ1) is 8.89. The van der Waals surface area contributed by atoms with Gasteiger partial charge < -0.3 is 0 Å². The van der Waals surface area contributed by atoms with Crippen LogP contribution < -0.4 is 0 Å². The Morgan fingerprint density at radius 3 is 1.85 bits per heavy atom. The molecule has 0 aliphatic carbocycles. The molecule has 1 aromatic carbocycles. The number of rotatable bonds is 3. The highest BCUT2D eigenvalue weighted by atomic mass is 19.4. The van der Waals surface area contributed by atoms with Crippen LogP contribution in [0.1, 0.15) is 30.0 Å². The van der Waals surface area contributed by atoms with Gasteiger partial charge in [0.2, 0.25) is 5.67 Å². The quantitative estimate of drug-likeness (QED) is 0.670. The molecular weight excluding hydrogens is 289 g/mol. The van der Waals surface area contributed by atoms with Crippen molar-refractivity contribution in [1.29, 1.82) is 0 Å². The minimum absolute atomic E-state index is 0.285. The van der Waals surface area contributed by atoms with E-state index < -0.39 is 30.0 Å². The van der Waals surface area contributed by atoms with Gasteiger partial charge in [-0.25, -0.2) is 4.39 Å². The number of aryl methyl sites for hydroxylation is 2. The summed E-state index contributed by atoms with van der Waals surface area (Å²) in [5, 5.41) is 0. The molecule has 114 valence electrons. The van der Waals surface area contributed by atoms with Crippen molar-refractivity contribution in [3.63, 3.8) is 0 Å². The summed E-state index contributed by atoms with van der Waals surface area (Å²) in [7, 11) is 0. The number of alkyl halides is 7. The zero-order valence-electron chi connectivity index (χ0n) is 10.8. The molecule has 0 radical (unpaired) electrons. The molecule has 0 spiro atoms. The van der Waals surface area contributed by atoms with E-state index >= 15 is 0 Å². The van der Waals surface area contributed by atoms with Gasteiger partial charge in [-0.05, 0) is 24.5 Å². The van der Waals surface area contributed by atoms with Gasteiger partial charge >= 0.3 is 12.4 Å². The lowest BCUT2D eigenvalue weighted by Crippen LogP contribution is -2.42. The van der Waals surface area contributed by atoms with Gasteiger partial charge in [-0.2, -0.15) is 26.3 Å². The Morgan fingerprint density at radius 1 is 0.900 bits per heavy atom. The minimum Gasteiger partial charge on any atom is -0.228 e.